The van der Waals surface area contributed by atoms with E-state index in [1.54, 1.807) is 30.3 Å². The van der Waals surface area contributed by atoms with Gasteiger partial charge in [-0.3, -0.25) is 4.90 Å². The summed E-state index contributed by atoms with van der Waals surface area (Å²) in [6.45, 7) is -4.59. The van der Waals surface area contributed by atoms with E-state index >= 15 is 0 Å². The number of piperidine rings is 1. The van der Waals surface area contributed by atoms with Gasteiger partial charge in [-0.05, 0) is 31.4 Å². The SMILES string of the molecule is [2H]C1([2H])N(Cc2ccccc2)C([2H])([2H])C([2H])(NC)C([2H])(C)C1([2H])[2H]. The molecule has 1 saturated heterocycles. The molecular weight excluding hydrogens is 196 g/mol. The summed E-state index contributed by atoms with van der Waals surface area (Å²) in [6, 6.07) is 6.19. The van der Waals surface area contributed by atoms with Gasteiger partial charge in [-0.2, -0.15) is 0 Å². The molecule has 2 atom stereocenters. The van der Waals surface area contributed by atoms with Crippen molar-refractivity contribution in [1.82, 2.24) is 10.2 Å². The quantitative estimate of drug-likeness (QED) is 0.849. The van der Waals surface area contributed by atoms with Gasteiger partial charge in [0.05, 0.1) is 0 Å². The molecule has 2 rings (SSSR count). The summed E-state index contributed by atoms with van der Waals surface area (Å²) in [6.07, 6.45) is -2.80. The Morgan fingerprint density at radius 1 is 1.50 bits per heavy atom. The third-order valence-electron chi connectivity index (χ3n) is 2.43. The molecule has 2 unspecified atom stereocenters. The zero-order chi connectivity index (χ0) is 18.6. The maximum absolute atomic E-state index is 8.48. The molecule has 1 aliphatic rings. The highest BCUT2D eigenvalue weighted by molar-refractivity contribution is 5.14. The van der Waals surface area contributed by atoms with Crippen molar-refractivity contribution in [3.63, 3.8) is 0 Å². The number of rotatable bonds is 3. The molecule has 0 aliphatic carbocycles. The molecule has 2 nitrogen and oxygen atoms in total. The molecule has 0 bridgehead atoms. The predicted octanol–water partition coefficient (Wildman–Crippen LogP) is 2.12. The van der Waals surface area contributed by atoms with Gasteiger partial charge in [0.25, 0.3) is 0 Å². The van der Waals surface area contributed by atoms with Crippen LogP contribution in [0.25, 0.3) is 0 Å². The van der Waals surface area contributed by atoms with Crippen molar-refractivity contribution in [3.8, 4) is 0 Å². The van der Waals surface area contributed by atoms with Crippen LogP contribution < -0.4 is 5.32 Å². The highest BCUT2D eigenvalue weighted by Crippen LogP contribution is 2.18. The molecule has 1 aromatic rings. The fraction of sp³-hybridized carbons (Fsp3) is 0.571. The lowest BCUT2D eigenvalue weighted by atomic mass is 9.93. The zero-order valence-electron chi connectivity index (χ0n) is 17.5. The van der Waals surface area contributed by atoms with Crippen LogP contribution in [0.4, 0.5) is 0 Å². The molecule has 88 valence electrons. The van der Waals surface area contributed by atoms with Gasteiger partial charge in [0.15, 0.2) is 0 Å². The molecule has 1 fully saturated rings. The molecule has 0 spiro atoms. The van der Waals surface area contributed by atoms with Gasteiger partial charge in [-0.25, -0.2) is 0 Å². The molecular formula is C14H22N2. The normalized spacial score (nSPS) is 52.9. The Hall–Kier alpha value is -0.860. The van der Waals surface area contributed by atoms with Gasteiger partial charge < -0.3 is 5.32 Å². The molecule has 1 N–H and O–H groups in total. The molecule has 1 aromatic carbocycles. The van der Waals surface area contributed by atoms with Crippen molar-refractivity contribution >= 4 is 0 Å². The largest absolute Gasteiger partial charge is 0.315 e. The first-order chi connectivity index (χ1) is 10.8. The Bertz CT molecular complexity index is 604. The maximum Gasteiger partial charge on any atom is 0.0481 e. The molecule has 0 aromatic heterocycles. The first-order valence-corrected chi connectivity index (χ1v) is 5.28. The molecule has 1 aliphatic heterocycles. The summed E-state index contributed by atoms with van der Waals surface area (Å²) in [4.78, 5) is 0.703. The predicted molar refractivity (Wildman–Crippen MR) is 68.3 cm³/mol. The van der Waals surface area contributed by atoms with Crippen LogP contribution in [0.5, 0.6) is 0 Å². The van der Waals surface area contributed by atoms with Gasteiger partial charge in [0.2, 0.25) is 0 Å². The summed E-state index contributed by atoms with van der Waals surface area (Å²) >= 11 is 0. The second-order valence-corrected chi connectivity index (χ2v) is 3.67. The van der Waals surface area contributed by atoms with Crippen LogP contribution in [0, 0.1) is 5.89 Å². The van der Waals surface area contributed by atoms with E-state index in [9.17, 15) is 0 Å². The Labute approximate surface area is 110 Å². The number of nitrogens with zero attached hydrogens (tertiary/aromatic N) is 1. The van der Waals surface area contributed by atoms with Crippen LogP contribution in [0.2, 0.25) is 0 Å². The summed E-state index contributed by atoms with van der Waals surface area (Å²) < 4.78 is 66.5. The number of nitrogens with one attached hydrogen (secondary N) is 1. The lowest BCUT2D eigenvalue weighted by Crippen LogP contribution is -2.48. The number of hydrogen-bond acceptors (Lipinski definition) is 2. The maximum atomic E-state index is 8.48. The number of likely N-dealkylation sites (N-methyl/N-ethyl adjacent to an activating group) is 1. The standard InChI is InChI=1S/C14H22N2/c1-12-8-9-16(11-14(12)15-2)10-13-6-4-3-5-7-13/h3-7,12,14-15H,8-11H2,1-2H3/i8D2,9D2,11D2,12D,14D. The first-order valence-electron chi connectivity index (χ1n) is 9.28. The Morgan fingerprint density at radius 3 is 2.94 bits per heavy atom. The number of benzene rings is 1. The van der Waals surface area contributed by atoms with Crippen molar-refractivity contribution in [3.05, 3.63) is 35.9 Å². The summed E-state index contributed by atoms with van der Waals surface area (Å²) in [5.41, 5.74) is 0.591. The van der Waals surface area contributed by atoms with E-state index in [0.29, 0.717) is 10.5 Å². The van der Waals surface area contributed by atoms with Gasteiger partial charge in [-0.15, -0.1) is 0 Å². The van der Waals surface area contributed by atoms with Crippen molar-refractivity contribution in [1.29, 1.82) is 0 Å². The Kier molecular flexibility index (Phi) is 1.77. The lowest BCUT2D eigenvalue weighted by Gasteiger charge is -2.37. The van der Waals surface area contributed by atoms with Crippen LogP contribution in [-0.4, -0.2) is 31.0 Å². The second kappa shape index (κ2) is 5.46. The Balaban J connectivity index is 2.64. The lowest BCUT2D eigenvalue weighted by molar-refractivity contribution is 0.147. The summed E-state index contributed by atoms with van der Waals surface area (Å²) in [5, 5.41) is 2.43. The molecule has 1 heterocycles. The van der Waals surface area contributed by atoms with E-state index in [2.05, 4.69) is 5.32 Å². The van der Waals surface area contributed by atoms with E-state index in [0.717, 1.165) is 6.92 Å². The van der Waals surface area contributed by atoms with E-state index in [-0.39, 0.29) is 6.54 Å². The molecule has 0 saturated carbocycles. The van der Waals surface area contributed by atoms with E-state index in [4.69, 9.17) is 11.0 Å². The van der Waals surface area contributed by atoms with Crippen LogP contribution in [-0.2, 0) is 6.54 Å². The topological polar surface area (TPSA) is 15.3 Å². The zero-order valence-corrected chi connectivity index (χ0v) is 9.54. The van der Waals surface area contributed by atoms with Crippen LogP contribution >= 0.6 is 0 Å². The minimum atomic E-state index is -2.80. The van der Waals surface area contributed by atoms with Gasteiger partial charge in [0.1, 0.15) is 0 Å². The highest BCUT2D eigenvalue weighted by atomic mass is 15.2. The van der Waals surface area contributed by atoms with Gasteiger partial charge in [-0.1, -0.05) is 37.3 Å². The molecule has 16 heavy (non-hydrogen) atoms. The minimum absolute atomic E-state index is 0.223. The summed E-state index contributed by atoms with van der Waals surface area (Å²) in [7, 11) is 1.29. The Morgan fingerprint density at radius 2 is 2.25 bits per heavy atom. The van der Waals surface area contributed by atoms with Crippen LogP contribution in [0.3, 0.4) is 0 Å². The monoisotopic (exact) mass is 226 g/mol. The summed E-state index contributed by atoms with van der Waals surface area (Å²) in [5.74, 6) is -2.38. The van der Waals surface area contributed by atoms with Gasteiger partial charge in [0, 0.05) is 30.0 Å². The van der Waals surface area contributed by atoms with Crippen molar-refractivity contribution in [2.24, 2.45) is 5.89 Å². The number of likely N-dealkylation sites (tertiary alicyclic amines) is 1. The highest BCUT2D eigenvalue weighted by Gasteiger charge is 2.24. The first kappa shape index (κ1) is 5.19. The van der Waals surface area contributed by atoms with E-state index in [1.807, 2.05) is 0 Å². The third kappa shape index (κ3) is 2.83. The third-order valence-corrected chi connectivity index (χ3v) is 2.43. The minimum Gasteiger partial charge on any atom is -0.315 e. The smallest absolute Gasteiger partial charge is 0.0481 e. The second-order valence-electron chi connectivity index (χ2n) is 3.67. The van der Waals surface area contributed by atoms with Crippen molar-refractivity contribution in [2.75, 3.05) is 20.0 Å². The van der Waals surface area contributed by atoms with Crippen molar-refractivity contribution in [2.45, 2.75) is 25.9 Å². The van der Waals surface area contributed by atoms with Crippen LogP contribution in [0.1, 0.15) is 29.8 Å². The number of hydrogen-bond donors (Lipinski definition) is 1. The fourth-order valence-electron chi connectivity index (χ4n) is 1.55. The molecule has 2 heteroatoms. The van der Waals surface area contributed by atoms with Gasteiger partial charge >= 0.3 is 0 Å². The fourth-order valence-corrected chi connectivity index (χ4v) is 1.55. The molecule has 0 amide bonds. The van der Waals surface area contributed by atoms with Crippen molar-refractivity contribution < 1.29 is 11.0 Å². The molecule has 0 radical (unpaired) electrons. The van der Waals surface area contributed by atoms with E-state index in [1.165, 1.54) is 7.05 Å². The van der Waals surface area contributed by atoms with Crippen LogP contribution in [0.15, 0.2) is 30.3 Å². The average molecular weight is 226 g/mol. The average Bonchev–Trinajstić information content (AvgIpc) is 2.50. The van der Waals surface area contributed by atoms with E-state index < -0.39 is 31.3 Å².